The first kappa shape index (κ1) is 15.3. The summed E-state index contributed by atoms with van der Waals surface area (Å²) in [5.41, 5.74) is 0.459. The van der Waals surface area contributed by atoms with Crippen molar-refractivity contribution in [3.63, 3.8) is 0 Å². The SMILES string of the molecule is CC(C)CNC(=O)CSCc1c(F)cccc1Cl. The molecule has 1 aromatic carbocycles. The third-order valence-corrected chi connectivity index (χ3v) is 3.56. The Bertz CT molecular complexity index is 392. The minimum Gasteiger partial charge on any atom is -0.355 e. The maximum Gasteiger partial charge on any atom is 0.230 e. The molecule has 0 aliphatic rings. The number of carbonyl (C=O) groups is 1. The molecular weight excluding hydrogens is 273 g/mol. The van der Waals surface area contributed by atoms with Crippen LogP contribution in [-0.4, -0.2) is 18.2 Å². The zero-order chi connectivity index (χ0) is 13.5. The summed E-state index contributed by atoms with van der Waals surface area (Å²) in [7, 11) is 0. The summed E-state index contributed by atoms with van der Waals surface area (Å²) in [6.45, 7) is 4.74. The van der Waals surface area contributed by atoms with E-state index in [9.17, 15) is 9.18 Å². The van der Waals surface area contributed by atoms with Crippen molar-refractivity contribution >= 4 is 29.3 Å². The van der Waals surface area contributed by atoms with Crippen LogP contribution in [0.4, 0.5) is 4.39 Å². The highest BCUT2D eigenvalue weighted by Gasteiger charge is 2.08. The average molecular weight is 290 g/mol. The Balaban J connectivity index is 2.35. The van der Waals surface area contributed by atoms with Gasteiger partial charge in [0.25, 0.3) is 0 Å². The molecule has 0 saturated heterocycles. The molecule has 0 fully saturated rings. The number of carbonyl (C=O) groups excluding carboxylic acids is 1. The van der Waals surface area contributed by atoms with Crippen molar-refractivity contribution in [3.05, 3.63) is 34.6 Å². The Kier molecular flexibility index (Phi) is 6.50. The lowest BCUT2D eigenvalue weighted by atomic mass is 10.2. The van der Waals surface area contributed by atoms with E-state index in [0.717, 1.165) is 0 Å². The van der Waals surface area contributed by atoms with E-state index < -0.39 is 0 Å². The van der Waals surface area contributed by atoms with E-state index in [1.807, 2.05) is 13.8 Å². The number of nitrogens with one attached hydrogen (secondary N) is 1. The Morgan fingerprint density at radius 2 is 2.22 bits per heavy atom. The van der Waals surface area contributed by atoms with Gasteiger partial charge in [-0.2, -0.15) is 0 Å². The number of halogens is 2. The number of benzene rings is 1. The second-order valence-electron chi connectivity index (χ2n) is 4.39. The van der Waals surface area contributed by atoms with Gasteiger partial charge in [0.15, 0.2) is 0 Å². The van der Waals surface area contributed by atoms with Crippen LogP contribution >= 0.6 is 23.4 Å². The maximum atomic E-state index is 13.4. The molecule has 0 aliphatic carbocycles. The Morgan fingerprint density at radius 1 is 1.50 bits per heavy atom. The molecule has 0 aromatic heterocycles. The van der Waals surface area contributed by atoms with Crippen molar-refractivity contribution < 1.29 is 9.18 Å². The molecule has 1 amide bonds. The van der Waals surface area contributed by atoms with Crippen molar-refractivity contribution in [2.75, 3.05) is 12.3 Å². The van der Waals surface area contributed by atoms with Gasteiger partial charge in [0.1, 0.15) is 5.82 Å². The summed E-state index contributed by atoms with van der Waals surface area (Å²) in [5.74, 6) is 0.802. The molecule has 0 heterocycles. The molecule has 0 atom stereocenters. The molecule has 0 radical (unpaired) electrons. The monoisotopic (exact) mass is 289 g/mol. The van der Waals surface area contributed by atoms with Gasteiger partial charge >= 0.3 is 0 Å². The van der Waals surface area contributed by atoms with Gasteiger partial charge in [-0.15, -0.1) is 11.8 Å². The lowest BCUT2D eigenvalue weighted by Gasteiger charge is -2.08. The summed E-state index contributed by atoms with van der Waals surface area (Å²) in [6.07, 6.45) is 0. The van der Waals surface area contributed by atoms with Gasteiger partial charge in [0.05, 0.1) is 5.75 Å². The van der Waals surface area contributed by atoms with Crippen LogP contribution in [0.3, 0.4) is 0 Å². The third kappa shape index (κ3) is 5.27. The Hall–Kier alpha value is -0.740. The van der Waals surface area contributed by atoms with Gasteiger partial charge < -0.3 is 5.32 Å². The molecule has 0 spiro atoms. The highest BCUT2D eigenvalue weighted by molar-refractivity contribution is 7.99. The fourth-order valence-corrected chi connectivity index (χ4v) is 2.48. The van der Waals surface area contributed by atoms with Crippen molar-refractivity contribution in [1.82, 2.24) is 5.32 Å². The third-order valence-electron chi connectivity index (χ3n) is 2.25. The van der Waals surface area contributed by atoms with E-state index in [-0.39, 0.29) is 11.7 Å². The molecular formula is C13H17ClFNOS. The van der Waals surface area contributed by atoms with Gasteiger partial charge in [-0.1, -0.05) is 31.5 Å². The fraction of sp³-hybridized carbons (Fsp3) is 0.462. The smallest absolute Gasteiger partial charge is 0.230 e. The van der Waals surface area contributed by atoms with Crippen LogP contribution in [0, 0.1) is 11.7 Å². The number of amides is 1. The van der Waals surface area contributed by atoms with Gasteiger partial charge in [-0.05, 0) is 18.1 Å². The summed E-state index contributed by atoms with van der Waals surface area (Å²) in [6, 6.07) is 4.60. The zero-order valence-corrected chi connectivity index (χ0v) is 12.1. The van der Waals surface area contributed by atoms with E-state index in [1.165, 1.54) is 17.8 Å². The lowest BCUT2D eigenvalue weighted by Crippen LogP contribution is -2.28. The summed E-state index contributed by atoms with van der Waals surface area (Å²) in [4.78, 5) is 11.4. The van der Waals surface area contributed by atoms with Crippen molar-refractivity contribution in [2.24, 2.45) is 5.92 Å². The van der Waals surface area contributed by atoms with Crippen LogP contribution < -0.4 is 5.32 Å². The zero-order valence-electron chi connectivity index (χ0n) is 10.5. The molecule has 2 nitrogen and oxygen atoms in total. The van der Waals surface area contributed by atoms with E-state index in [4.69, 9.17) is 11.6 Å². The molecule has 1 rings (SSSR count). The predicted octanol–water partition coefficient (Wildman–Crippen LogP) is 3.48. The number of rotatable bonds is 6. The first-order valence-electron chi connectivity index (χ1n) is 5.78. The highest BCUT2D eigenvalue weighted by Crippen LogP contribution is 2.23. The van der Waals surface area contributed by atoms with Crippen LogP contribution in [-0.2, 0) is 10.5 Å². The lowest BCUT2D eigenvalue weighted by molar-refractivity contribution is -0.118. The molecule has 0 aliphatic heterocycles. The highest BCUT2D eigenvalue weighted by atomic mass is 35.5. The Labute approximate surface area is 116 Å². The normalized spacial score (nSPS) is 10.7. The van der Waals surface area contributed by atoms with Crippen molar-refractivity contribution in [1.29, 1.82) is 0 Å². The van der Waals surface area contributed by atoms with Crippen molar-refractivity contribution in [3.8, 4) is 0 Å². The van der Waals surface area contributed by atoms with Crippen LogP contribution in [0.15, 0.2) is 18.2 Å². The van der Waals surface area contributed by atoms with Gasteiger partial charge in [-0.25, -0.2) is 4.39 Å². The van der Waals surface area contributed by atoms with E-state index in [2.05, 4.69) is 5.32 Å². The first-order valence-corrected chi connectivity index (χ1v) is 7.31. The molecule has 0 unspecified atom stereocenters. The van der Waals surface area contributed by atoms with Gasteiger partial charge in [0.2, 0.25) is 5.91 Å². The molecule has 5 heteroatoms. The van der Waals surface area contributed by atoms with Crippen LogP contribution in [0.5, 0.6) is 0 Å². The second kappa shape index (κ2) is 7.64. The largest absolute Gasteiger partial charge is 0.355 e. The van der Waals surface area contributed by atoms with Gasteiger partial charge in [0, 0.05) is 22.9 Å². The van der Waals surface area contributed by atoms with Crippen LogP contribution in [0.1, 0.15) is 19.4 Å². The van der Waals surface area contributed by atoms with Crippen LogP contribution in [0.25, 0.3) is 0 Å². The molecule has 1 N–H and O–H groups in total. The number of hydrogen-bond acceptors (Lipinski definition) is 2. The molecule has 0 bridgehead atoms. The van der Waals surface area contributed by atoms with Gasteiger partial charge in [-0.3, -0.25) is 4.79 Å². The summed E-state index contributed by atoms with van der Waals surface area (Å²) < 4.78 is 13.4. The van der Waals surface area contributed by atoms with E-state index in [1.54, 1.807) is 12.1 Å². The Morgan fingerprint density at radius 3 is 2.83 bits per heavy atom. The second-order valence-corrected chi connectivity index (χ2v) is 5.78. The molecule has 18 heavy (non-hydrogen) atoms. The van der Waals surface area contributed by atoms with Crippen LogP contribution in [0.2, 0.25) is 5.02 Å². The minimum atomic E-state index is -0.322. The number of hydrogen-bond donors (Lipinski definition) is 1. The van der Waals surface area contributed by atoms with E-state index >= 15 is 0 Å². The molecule has 1 aromatic rings. The number of thioether (sulfide) groups is 1. The van der Waals surface area contributed by atoms with Crippen molar-refractivity contribution in [2.45, 2.75) is 19.6 Å². The average Bonchev–Trinajstić information content (AvgIpc) is 2.30. The quantitative estimate of drug-likeness (QED) is 0.869. The topological polar surface area (TPSA) is 29.1 Å². The maximum absolute atomic E-state index is 13.4. The first-order chi connectivity index (χ1) is 8.50. The standard InChI is InChI=1S/C13H17ClFNOS/c1-9(2)6-16-13(17)8-18-7-10-11(14)4-3-5-12(10)15/h3-5,9H,6-8H2,1-2H3,(H,16,17). The summed E-state index contributed by atoms with van der Waals surface area (Å²) in [5, 5.41) is 3.22. The fourth-order valence-electron chi connectivity index (χ4n) is 1.29. The minimum absolute atomic E-state index is 0.0267. The predicted molar refractivity (Wildman–Crippen MR) is 75.4 cm³/mol. The summed E-state index contributed by atoms with van der Waals surface area (Å²) >= 11 is 7.25. The molecule has 100 valence electrons. The van der Waals surface area contributed by atoms with E-state index in [0.29, 0.717) is 34.6 Å². The molecule has 0 saturated carbocycles.